The van der Waals surface area contributed by atoms with Gasteiger partial charge in [0.25, 0.3) is 0 Å². The third kappa shape index (κ3) is 8.48. The number of H-pyrrole nitrogens is 1. The van der Waals surface area contributed by atoms with Gasteiger partial charge in [-0.3, -0.25) is 9.79 Å². The molecule has 3 N–H and O–H groups in total. The molecule has 3 aromatic rings. The van der Waals surface area contributed by atoms with Crippen molar-refractivity contribution >= 4 is 23.9 Å². The number of aromatic amines is 1. The molecule has 12 heteroatoms. The highest BCUT2D eigenvalue weighted by atomic mass is 19.1. The molecule has 1 aromatic heterocycles. The maximum Gasteiger partial charge on any atom is 0.407 e. The van der Waals surface area contributed by atoms with E-state index in [1.54, 1.807) is 23.4 Å². The lowest BCUT2D eigenvalue weighted by molar-refractivity contribution is -0.130. The molecule has 240 valence electrons. The molecule has 0 unspecified atom stereocenters. The molecule has 2 amide bonds. The van der Waals surface area contributed by atoms with Gasteiger partial charge in [0.2, 0.25) is 5.91 Å². The normalized spacial score (nSPS) is 12.5. The first-order valence-corrected chi connectivity index (χ1v) is 15.1. The number of imidazole rings is 1. The van der Waals surface area contributed by atoms with E-state index >= 15 is 4.39 Å². The van der Waals surface area contributed by atoms with E-state index in [1.807, 2.05) is 38.4 Å². The zero-order valence-corrected chi connectivity index (χ0v) is 26.6. The smallest absolute Gasteiger partial charge is 0.407 e. The highest BCUT2D eigenvalue weighted by molar-refractivity contribution is 5.82. The summed E-state index contributed by atoms with van der Waals surface area (Å²) in [5.74, 6) is 0.359. The molecule has 1 aliphatic heterocycles. The summed E-state index contributed by atoms with van der Waals surface area (Å²) in [5.41, 5.74) is 5.15. The third-order valence-electron chi connectivity index (χ3n) is 7.41. The monoisotopic (exact) mass is 619 g/mol. The second-order valence-corrected chi connectivity index (χ2v) is 10.8. The Morgan fingerprint density at radius 2 is 1.96 bits per heavy atom. The number of carbonyl (C=O) groups is 2. The van der Waals surface area contributed by atoms with E-state index in [0.29, 0.717) is 48.0 Å². The van der Waals surface area contributed by atoms with Crippen LogP contribution in [0.5, 0.6) is 5.75 Å². The molecular formula is C33H42FN7O4. The standard InChI is InChI=1S/C33H42FN7O4/c1-6-11-40(4)13-10-36-17-28(35-3)22-8-9-24-23(14-22)21-45-30-16-26(27(34)15-25(24)30)29-18-37-31(39-29)20-41(12-7-2)32(42)19-38-33(43)44-5/h8-10,14-18,35H,6-7,11-13,19-21H2,1-5H3,(H,37,39)(H,38,43)/b28-17-,36-10?. The second kappa shape index (κ2) is 15.8. The number of alkyl carbamates (subject to hydrolysis) is 1. The van der Waals surface area contributed by atoms with Gasteiger partial charge in [0.15, 0.2) is 0 Å². The summed E-state index contributed by atoms with van der Waals surface area (Å²) in [6.45, 7) is 6.68. The van der Waals surface area contributed by atoms with Crippen molar-refractivity contribution in [2.45, 2.75) is 39.8 Å². The minimum Gasteiger partial charge on any atom is -0.488 e. The minimum absolute atomic E-state index is 0.179. The first-order chi connectivity index (χ1) is 21.8. The van der Waals surface area contributed by atoms with Gasteiger partial charge in [0, 0.05) is 37.5 Å². The second-order valence-electron chi connectivity index (χ2n) is 10.8. The number of aliphatic imine (C=N–C) groups is 1. The summed E-state index contributed by atoms with van der Waals surface area (Å²) in [6, 6.07) is 9.18. The SMILES string of the molecule is CCCN(C)CC=N/C=C(\NC)c1ccc2c(c1)COc1cc(-c3cnc(CN(CCC)C(=O)CNC(=O)OC)[nH]3)c(F)cc1-2. The highest BCUT2D eigenvalue weighted by Crippen LogP contribution is 2.41. The van der Waals surface area contributed by atoms with Gasteiger partial charge >= 0.3 is 6.09 Å². The Morgan fingerprint density at radius 3 is 2.69 bits per heavy atom. The van der Waals surface area contributed by atoms with Crippen LogP contribution in [0.2, 0.25) is 0 Å². The number of nitrogens with one attached hydrogen (secondary N) is 3. The Labute approximate surface area is 263 Å². The number of hydrogen-bond donors (Lipinski definition) is 3. The van der Waals surface area contributed by atoms with E-state index in [4.69, 9.17) is 4.74 Å². The number of carbonyl (C=O) groups excluding carboxylic acids is 2. The van der Waals surface area contributed by atoms with Gasteiger partial charge in [-0.2, -0.15) is 0 Å². The molecular weight excluding hydrogens is 577 g/mol. The van der Waals surface area contributed by atoms with E-state index < -0.39 is 11.9 Å². The van der Waals surface area contributed by atoms with Crippen LogP contribution in [0.1, 0.15) is 43.6 Å². The number of aromatic nitrogens is 2. The molecule has 0 saturated carbocycles. The summed E-state index contributed by atoms with van der Waals surface area (Å²) in [6.07, 6.45) is 6.37. The molecule has 4 rings (SSSR count). The largest absolute Gasteiger partial charge is 0.488 e. The summed E-state index contributed by atoms with van der Waals surface area (Å²) >= 11 is 0. The average Bonchev–Trinajstić information content (AvgIpc) is 3.51. The van der Waals surface area contributed by atoms with Crippen LogP contribution in [0.15, 0.2) is 47.7 Å². The van der Waals surface area contributed by atoms with Crippen molar-refractivity contribution in [3.8, 4) is 28.1 Å². The van der Waals surface area contributed by atoms with Crippen LogP contribution in [0, 0.1) is 5.82 Å². The van der Waals surface area contributed by atoms with Crippen LogP contribution in [0.3, 0.4) is 0 Å². The van der Waals surface area contributed by atoms with E-state index in [0.717, 1.165) is 41.9 Å². The lowest BCUT2D eigenvalue weighted by Crippen LogP contribution is -2.40. The molecule has 2 heterocycles. The molecule has 0 fully saturated rings. The van der Waals surface area contributed by atoms with Crippen LogP contribution in [-0.4, -0.2) is 85.4 Å². The van der Waals surface area contributed by atoms with Crippen molar-refractivity contribution in [3.63, 3.8) is 0 Å². The highest BCUT2D eigenvalue weighted by Gasteiger charge is 2.23. The zero-order chi connectivity index (χ0) is 32.3. The fourth-order valence-corrected chi connectivity index (χ4v) is 5.11. The summed E-state index contributed by atoms with van der Waals surface area (Å²) in [7, 11) is 5.16. The van der Waals surface area contributed by atoms with Crippen molar-refractivity contribution < 1.29 is 23.5 Å². The number of nitrogens with zero attached hydrogens (tertiary/aromatic N) is 4. The molecule has 11 nitrogen and oxygen atoms in total. The summed E-state index contributed by atoms with van der Waals surface area (Å²) in [4.78, 5) is 39.8. The van der Waals surface area contributed by atoms with Crippen molar-refractivity contribution in [1.82, 2.24) is 30.4 Å². The van der Waals surface area contributed by atoms with Gasteiger partial charge in [-0.25, -0.2) is 14.2 Å². The van der Waals surface area contributed by atoms with Gasteiger partial charge in [-0.15, -0.1) is 0 Å². The van der Waals surface area contributed by atoms with Gasteiger partial charge in [0.1, 0.15) is 30.5 Å². The van der Waals surface area contributed by atoms with Gasteiger partial charge in [-0.05, 0) is 61.3 Å². The van der Waals surface area contributed by atoms with Crippen molar-refractivity contribution in [2.24, 2.45) is 4.99 Å². The van der Waals surface area contributed by atoms with Gasteiger partial charge in [0.05, 0.1) is 37.4 Å². The predicted octanol–water partition coefficient (Wildman–Crippen LogP) is 4.80. The fraction of sp³-hybridized carbons (Fsp3) is 0.394. The number of fused-ring (bicyclic) bond motifs is 3. The van der Waals surface area contributed by atoms with Crippen molar-refractivity contribution in [2.75, 3.05) is 47.4 Å². The molecule has 2 aromatic carbocycles. The Morgan fingerprint density at radius 1 is 1.16 bits per heavy atom. The molecule has 0 spiro atoms. The van der Waals surface area contributed by atoms with Crippen LogP contribution in [0.4, 0.5) is 9.18 Å². The molecule has 0 atom stereocenters. The number of rotatable bonds is 14. The third-order valence-corrected chi connectivity index (χ3v) is 7.41. The van der Waals surface area contributed by atoms with Crippen molar-refractivity contribution in [1.29, 1.82) is 0 Å². The molecule has 45 heavy (non-hydrogen) atoms. The van der Waals surface area contributed by atoms with E-state index in [9.17, 15) is 9.59 Å². The Balaban J connectivity index is 1.50. The average molecular weight is 620 g/mol. The van der Waals surface area contributed by atoms with E-state index in [2.05, 4.69) is 49.2 Å². The Kier molecular flexibility index (Phi) is 11.7. The topological polar surface area (TPSA) is 124 Å². The zero-order valence-electron chi connectivity index (χ0n) is 26.6. The number of hydrogen-bond acceptors (Lipinski definition) is 8. The van der Waals surface area contributed by atoms with Gasteiger partial charge < -0.3 is 34.9 Å². The first-order valence-electron chi connectivity index (χ1n) is 15.1. The van der Waals surface area contributed by atoms with E-state index in [-0.39, 0.29) is 19.0 Å². The minimum atomic E-state index is -0.681. The van der Waals surface area contributed by atoms with Crippen LogP contribution in [0.25, 0.3) is 28.1 Å². The van der Waals surface area contributed by atoms with E-state index in [1.165, 1.54) is 13.2 Å². The number of methoxy groups -OCH3 is 1. The predicted molar refractivity (Wildman–Crippen MR) is 173 cm³/mol. The quantitative estimate of drug-likeness (QED) is 0.222. The maximum absolute atomic E-state index is 15.6. The van der Waals surface area contributed by atoms with Crippen LogP contribution >= 0.6 is 0 Å². The maximum atomic E-state index is 15.6. The molecule has 0 radical (unpaired) electrons. The molecule has 0 bridgehead atoms. The summed E-state index contributed by atoms with van der Waals surface area (Å²) in [5, 5.41) is 5.61. The Bertz CT molecular complexity index is 1550. The van der Waals surface area contributed by atoms with Crippen molar-refractivity contribution in [3.05, 3.63) is 65.5 Å². The molecule has 0 aliphatic carbocycles. The first kappa shape index (κ1) is 33.2. The number of benzene rings is 2. The Hall–Kier alpha value is -4.71. The number of ether oxygens (including phenoxy) is 2. The number of amides is 2. The summed E-state index contributed by atoms with van der Waals surface area (Å²) < 4.78 is 26.2. The fourth-order valence-electron chi connectivity index (χ4n) is 5.11. The molecule has 1 aliphatic rings. The number of halogens is 1. The van der Waals surface area contributed by atoms with Crippen LogP contribution < -0.4 is 15.4 Å². The van der Waals surface area contributed by atoms with Gasteiger partial charge in [-0.1, -0.05) is 26.0 Å². The molecule has 0 saturated heterocycles. The lowest BCUT2D eigenvalue weighted by atomic mass is 9.93. The lowest BCUT2D eigenvalue weighted by Gasteiger charge is -2.23. The van der Waals surface area contributed by atoms with Crippen LogP contribution in [-0.2, 0) is 22.7 Å².